The van der Waals surface area contributed by atoms with Gasteiger partial charge in [0.15, 0.2) is 0 Å². The molecule has 2 aromatic rings. The second-order valence-electron chi connectivity index (χ2n) is 4.31. The van der Waals surface area contributed by atoms with Crippen molar-refractivity contribution in [1.82, 2.24) is 24.5 Å². The number of rotatable bonds is 5. The molecular formula is C12H17ClN6O. The standard InChI is InChI=1S/C12H17ClN6O/c1-4-18(5-2)11(20)8(3)16-10-6-9(13)17-12-14-7-15-19(10)12/h6-8,16H,4-5H2,1-3H3. The molecular weight excluding hydrogens is 280 g/mol. The molecule has 0 aliphatic rings. The number of anilines is 1. The van der Waals surface area contributed by atoms with Gasteiger partial charge in [0.2, 0.25) is 5.91 Å². The lowest BCUT2D eigenvalue weighted by Crippen LogP contribution is -2.41. The first-order chi connectivity index (χ1) is 9.56. The van der Waals surface area contributed by atoms with Crippen molar-refractivity contribution in [1.29, 1.82) is 0 Å². The molecule has 1 amide bonds. The summed E-state index contributed by atoms with van der Waals surface area (Å²) in [7, 11) is 0. The third-order valence-corrected chi connectivity index (χ3v) is 3.22. The van der Waals surface area contributed by atoms with Crippen LogP contribution in [0.3, 0.4) is 0 Å². The number of fused-ring (bicyclic) bond motifs is 1. The lowest BCUT2D eigenvalue weighted by Gasteiger charge is -2.24. The van der Waals surface area contributed by atoms with Crippen molar-refractivity contribution in [2.75, 3.05) is 18.4 Å². The van der Waals surface area contributed by atoms with E-state index in [0.717, 1.165) is 0 Å². The molecule has 0 aromatic carbocycles. The average molecular weight is 297 g/mol. The monoisotopic (exact) mass is 296 g/mol. The zero-order valence-electron chi connectivity index (χ0n) is 11.7. The highest BCUT2D eigenvalue weighted by Crippen LogP contribution is 2.15. The SMILES string of the molecule is CCN(CC)C(=O)C(C)Nc1cc(Cl)nc2ncnn12. The largest absolute Gasteiger partial charge is 0.358 e. The van der Waals surface area contributed by atoms with Crippen molar-refractivity contribution < 1.29 is 4.79 Å². The molecule has 20 heavy (non-hydrogen) atoms. The third-order valence-electron chi connectivity index (χ3n) is 3.03. The first-order valence-corrected chi connectivity index (χ1v) is 6.86. The van der Waals surface area contributed by atoms with E-state index in [1.54, 1.807) is 17.9 Å². The quantitative estimate of drug-likeness (QED) is 0.845. The number of hydrogen-bond acceptors (Lipinski definition) is 5. The Morgan fingerprint density at radius 1 is 1.50 bits per heavy atom. The predicted octanol–water partition coefficient (Wildman–Crippen LogP) is 1.45. The van der Waals surface area contributed by atoms with E-state index < -0.39 is 0 Å². The fraction of sp³-hybridized carbons (Fsp3) is 0.500. The number of carbonyl (C=O) groups excluding carboxylic acids is 1. The van der Waals surface area contributed by atoms with Gasteiger partial charge < -0.3 is 10.2 Å². The minimum Gasteiger partial charge on any atom is -0.358 e. The van der Waals surface area contributed by atoms with Crippen LogP contribution in [0.15, 0.2) is 12.4 Å². The summed E-state index contributed by atoms with van der Waals surface area (Å²) >= 11 is 5.93. The Bertz CT molecular complexity index is 609. The van der Waals surface area contributed by atoms with Gasteiger partial charge in [0, 0.05) is 19.2 Å². The number of nitrogens with one attached hydrogen (secondary N) is 1. The smallest absolute Gasteiger partial charge is 0.255 e. The molecule has 2 heterocycles. The molecule has 0 spiro atoms. The number of nitrogens with zero attached hydrogens (tertiary/aromatic N) is 5. The van der Waals surface area contributed by atoms with Gasteiger partial charge in [-0.05, 0) is 20.8 Å². The van der Waals surface area contributed by atoms with Crippen LogP contribution < -0.4 is 5.32 Å². The average Bonchev–Trinajstić information content (AvgIpc) is 2.88. The van der Waals surface area contributed by atoms with Crippen LogP contribution in [0.4, 0.5) is 5.82 Å². The molecule has 7 nitrogen and oxygen atoms in total. The van der Waals surface area contributed by atoms with Crippen LogP contribution in [-0.4, -0.2) is 49.5 Å². The molecule has 1 unspecified atom stereocenters. The maximum absolute atomic E-state index is 12.2. The molecule has 0 aliphatic heterocycles. The minimum absolute atomic E-state index is 0.0243. The molecule has 2 aromatic heterocycles. The van der Waals surface area contributed by atoms with Gasteiger partial charge in [-0.15, -0.1) is 0 Å². The number of amides is 1. The first-order valence-electron chi connectivity index (χ1n) is 6.48. The molecule has 108 valence electrons. The lowest BCUT2D eigenvalue weighted by atomic mass is 10.2. The van der Waals surface area contributed by atoms with Crippen LogP contribution in [0.5, 0.6) is 0 Å². The maximum Gasteiger partial charge on any atom is 0.255 e. The van der Waals surface area contributed by atoms with Gasteiger partial charge in [-0.2, -0.15) is 19.6 Å². The Morgan fingerprint density at radius 2 is 2.20 bits per heavy atom. The maximum atomic E-state index is 12.2. The van der Waals surface area contributed by atoms with E-state index in [-0.39, 0.29) is 11.9 Å². The minimum atomic E-state index is -0.388. The molecule has 1 N–H and O–H groups in total. The van der Waals surface area contributed by atoms with Gasteiger partial charge in [-0.3, -0.25) is 4.79 Å². The van der Waals surface area contributed by atoms with Gasteiger partial charge >= 0.3 is 0 Å². The fourth-order valence-electron chi connectivity index (χ4n) is 1.98. The van der Waals surface area contributed by atoms with E-state index in [1.165, 1.54) is 10.8 Å². The second-order valence-corrected chi connectivity index (χ2v) is 4.70. The van der Waals surface area contributed by atoms with E-state index in [4.69, 9.17) is 11.6 Å². The number of likely N-dealkylation sites (N-methyl/N-ethyl adjacent to an activating group) is 1. The van der Waals surface area contributed by atoms with E-state index in [2.05, 4.69) is 20.4 Å². The van der Waals surface area contributed by atoms with Gasteiger partial charge in [-0.1, -0.05) is 11.6 Å². The number of carbonyl (C=O) groups is 1. The van der Waals surface area contributed by atoms with Crippen LogP contribution in [0.2, 0.25) is 5.15 Å². The summed E-state index contributed by atoms with van der Waals surface area (Å²) in [5, 5.41) is 7.46. The molecule has 1 atom stereocenters. The second kappa shape index (κ2) is 6.04. The molecule has 0 aliphatic carbocycles. The fourth-order valence-corrected chi connectivity index (χ4v) is 2.16. The van der Waals surface area contributed by atoms with E-state index in [0.29, 0.717) is 29.8 Å². The van der Waals surface area contributed by atoms with E-state index in [9.17, 15) is 4.79 Å². The van der Waals surface area contributed by atoms with Crippen LogP contribution in [0, 0.1) is 0 Å². The summed E-state index contributed by atoms with van der Waals surface area (Å²) in [4.78, 5) is 22.0. The molecule has 0 saturated carbocycles. The summed E-state index contributed by atoms with van der Waals surface area (Å²) in [6.45, 7) is 7.06. The van der Waals surface area contributed by atoms with E-state index in [1.807, 2.05) is 13.8 Å². The van der Waals surface area contributed by atoms with Gasteiger partial charge in [0.05, 0.1) is 0 Å². The summed E-state index contributed by atoms with van der Waals surface area (Å²) in [5.74, 6) is 1.00. The molecule has 0 radical (unpaired) electrons. The van der Waals surface area contributed by atoms with Crippen molar-refractivity contribution in [3.63, 3.8) is 0 Å². The van der Waals surface area contributed by atoms with Gasteiger partial charge in [-0.25, -0.2) is 0 Å². The molecule has 8 heteroatoms. The summed E-state index contributed by atoms with van der Waals surface area (Å²) in [6.07, 6.45) is 1.39. The molecule has 0 bridgehead atoms. The van der Waals surface area contributed by atoms with Gasteiger partial charge in [0.25, 0.3) is 5.78 Å². The van der Waals surface area contributed by atoms with Crippen molar-refractivity contribution in [3.05, 3.63) is 17.5 Å². The zero-order chi connectivity index (χ0) is 14.7. The van der Waals surface area contributed by atoms with Crippen molar-refractivity contribution in [2.24, 2.45) is 0 Å². The topological polar surface area (TPSA) is 75.4 Å². The molecule has 0 saturated heterocycles. The highest BCUT2D eigenvalue weighted by atomic mass is 35.5. The number of aromatic nitrogens is 4. The van der Waals surface area contributed by atoms with Crippen LogP contribution in [-0.2, 0) is 4.79 Å². The zero-order valence-corrected chi connectivity index (χ0v) is 12.4. The molecule has 0 fully saturated rings. The summed E-state index contributed by atoms with van der Waals surface area (Å²) < 4.78 is 1.51. The summed E-state index contributed by atoms with van der Waals surface area (Å²) in [6, 6.07) is 1.23. The molecule has 2 rings (SSSR count). The van der Waals surface area contributed by atoms with Crippen LogP contribution >= 0.6 is 11.6 Å². The first kappa shape index (κ1) is 14.5. The Balaban J connectivity index is 2.23. The van der Waals surface area contributed by atoms with E-state index >= 15 is 0 Å². The normalized spacial score (nSPS) is 12.4. The summed E-state index contributed by atoms with van der Waals surface area (Å²) in [5.41, 5.74) is 0. The van der Waals surface area contributed by atoms with Crippen molar-refractivity contribution in [3.8, 4) is 0 Å². The Hall–Kier alpha value is -1.89. The highest BCUT2D eigenvalue weighted by molar-refractivity contribution is 6.29. The Kier molecular flexibility index (Phi) is 4.39. The number of halogens is 1. The van der Waals surface area contributed by atoms with Crippen LogP contribution in [0.1, 0.15) is 20.8 Å². The number of hydrogen-bond donors (Lipinski definition) is 1. The van der Waals surface area contributed by atoms with Crippen molar-refractivity contribution in [2.45, 2.75) is 26.8 Å². The Morgan fingerprint density at radius 3 is 2.85 bits per heavy atom. The van der Waals surface area contributed by atoms with Crippen LogP contribution in [0.25, 0.3) is 5.78 Å². The van der Waals surface area contributed by atoms with Crippen molar-refractivity contribution >= 4 is 29.1 Å². The Labute approximate surface area is 122 Å². The predicted molar refractivity (Wildman–Crippen MR) is 76.8 cm³/mol. The highest BCUT2D eigenvalue weighted by Gasteiger charge is 2.19. The third kappa shape index (κ3) is 2.82. The lowest BCUT2D eigenvalue weighted by molar-refractivity contribution is -0.131. The van der Waals surface area contributed by atoms with Gasteiger partial charge in [0.1, 0.15) is 23.3 Å².